The van der Waals surface area contributed by atoms with Crippen LogP contribution in [0.25, 0.3) is 65.3 Å². The molecule has 2 aromatic heterocycles. The van der Waals surface area contributed by atoms with Gasteiger partial charge in [0.1, 0.15) is 0 Å². The van der Waals surface area contributed by atoms with E-state index in [0.717, 1.165) is 60.8 Å². The second-order valence-corrected chi connectivity index (χ2v) is 11.8. The minimum atomic E-state index is 0.891. The molecule has 9 rings (SSSR count). The Balaban J connectivity index is 1.25. The molecule has 0 aliphatic heterocycles. The van der Waals surface area contributed by atoms with Crippen molar-refractivity contribution in [3.05, 3.63) is 175 Å². The number of fused-ring (bicyclic) bond motifs is 8. The zero-order valence-corrected chi connectivity index (χ0v) is 25.4. The van der Waals surface area contributed by atoms with E-state index in [1.54, 1.807) is 0 Å². The molecule has 0 aliphatic rings. The first-order chi connectivity index (χ1) is 23.3. The third-order valence-corrected chi connectivity index (χ3v) is 9.00. The van der Waals surface area contributed by atoms with Gasteiger partial charge in [-0.25, -0.2) is 0 Å². The number of rotatable bonds is 5. The minimum Gasteiger partial charge on any atom is -0.277 e. The largest absolute Gasteiger partial charge is 0.277 e. The third kappa shape index (κ3) is 4.66. The van der Waals surface area contributed by atoms with Gasteiger partial charge in [0.25, 0.3) is 0 Å². The number of nitrogens with zero attached hydrogens (tertiary/aromatic N) is 3. The molecule has 1 N–H and O–H groups in total. The Kier molecular flexibility index (Phi) is 6.43. The van der Waals surface area contributed by atoms with Crippen LogP contribution in [0.4, 0.5) is 5.69 Å². The van der Waals surface area contributed by atoms with Gasteiger partial charge in [0.2, 0.25) is 0 Å². The number of hydrogen-bond acceptors (Lipinski definition) is 4. The van der Waals surface area contributed by atoms with Gasteiger partial charge in [-0.3, -0.25) is 15.4 Å². The molecule has 0 atom stereocenters. The van der Waals surface area contributed by atoms with Crippen LogP contribution in [0.3, 0.4) is 0 Å². The van der Waals surface area contributed by atoms with Crippen LogP contribution in [-0.4, -0.2) is 15.7 Å². The van der Waals surface area contributed by atoms with E-state index in [2.05, 4.69) is 120 Å². The van der Waals surface area contributed by atoms with Crippen LogP contribution >= 0.6 is 0 Å². The van der Waals surface area contributed by atoms with Gasteiger partial charge in [0.05, 0.1) is 22.4 Å². The van der Waals surface area contributed by atoms with Crippen molar-refractivity contribution in [2.75, 3.05) is 5.43 Å². The molecule has 0 saturated carbocycles. The van der Waals surface area contributed by atoms with E-state index in [0.29, 0.717) is 0 Å². The molecule has 0 spiro atoms. The first-order valence-corrected chi connectivity index (χ1v) is 15.8. The third-order valence-electron chi connectivity index (χ3n) is 9.00. The topological polar surface area (TPSA) is 50.2 Å². The minimum absolute atomic E-state index is 0.891. The number of aromatic nitrogens is 2. The summed E-state index contributed by atoms with van der Waals surface area (Å²) < 4.78 is 0. The molecule has 0 unspecified atom stereocenters. The molecule has 0 bridgehead atoms. The lowest BCUT2D eigenvalue weighted by Gasteiger charge is -2.16. The molecule has 47 heavy (non-hydrogen) atoms. The molecule has 0 amide bonds. The fraction of sp³-hybridized carbons (Fsp3) is 0. The van der Waals surface area contributed by atoms with Gasteiger partial charge in [-0.15, -0.1) is 0 Å². The summed E-state index contributed by atoms with van der Waals surface area (Å²) in [5.74, 6) is 0. The van der Waals surface area contributed by atoms with Gasteiger partial charge in [-0.05, 0) is 56.8 Å². The molecule has 0 radical (unpaired) electrons. The zero-order valence-electron chi connectivity index (χ0n) is 25.4. The molecule has 0 fully saturated rings. The van der Waals surface area contributed by atoms with E-state index in [1.807, 2.05) is 54.9 Å². The summed E-state index contributed by atoms with van der Waals surface area (Å²) in [6, 6.07) is 53.0. The zero-order chi connectivity index (χ0) is 31.2. The monoisotopic (exact) mass is 600 g/mol. The first kappa shape index (κ1) is 27.0. The van der Waals surface area contributed by atoms with Crippen molar-refractivity contribution < 1.29 is 0 Å². The maximum Gasteiger partial charge on any atom is 0.0977 e. The number of hydrazone groups is 1. The van der Waals surface area contributed by atoms with Gasteiger partial charge in [0.15, 0.2) is 0 Å². The lowest BCUT2D eigenvalue weighted by atomic mass is 9.90. The molecule has 9 aromatic rings. The summed E-state index contributed by atoms with van der Waals surface area (Å²) >= 11 is 0. The molecular formula is C43H28N4. The van der Waals surface area contributed by atoms with E-state index >= 15 is 0 Å². The van der Waals surface area contributed by atoms with Crippen molar-refractivity contribution in [2.24, 2.45) is 5.10 Å². The second-order valence-electron chi connectivity index (χ2n) is 11.8. The Morgan fingerprint density at radius 3 is 1.81 bits per heavy atom. The predicted molar refractivity (Wildman–Crippen MR) is 197 cm³/mol. The highest BCUT2D eigenvalue weighted by molar-refractivity contribution is 6.24. The van der Waals surface area contributed by atoms with Gasteiger partial charge in [-0.2, -0.15) is 5.10 Å². The smallest absolute Gasteiger partial charge is 0.0977 e. The van der Waals surface area contributed by atoms with Gasteiger partial charge in [-0.1, -0.05) is 127 Å². The van der Waals surface area contributed by atoms with Gasteiger partial charge < -0.3 is 0 Å². The quantitative estimate of drug-likeness (QED) is 0.121. The Morgan fingerprint density at radius 1 is 0.468 bits per heavy atom. The molecule has 7 aromatic carbocycles. The lowest BCUT2D eigenvalue weighted by Crippen LogP contribution is -2.06. The standard InChI is InChI=1S/C43H28N4/c1-3-12-28(13-4-1)41(29-14-5-2-6-15-29)47-46-40-26-39-34-18-8-7-17-33(34)37(25-38(39)35-19-9-10-20-36(35)40)32-24-31-22-21-30-16-11-23-44-42(30)43(31)45-27-32/h1-27,46H. The van der Waals surface area contributed by atoms with E-state index in [9.17, 15) is 0 Å². The molecule has 4 nitrogen and oxygen atoms in total. The summed E-state index contributed by atoms with van der Waals surface area (Å²) in [6.07, 6.45) is 3.82. The number of pyridine rings is 2. The maximum absolute atomic E-state index is 5.04. The van der Waals surface area contributed by atoms with Crippen LogP contribution in [0.5, 0.6) is 0 Å². The molecule has 0 aliphatic carbocycles. The number of benzene rings is 7. The van der Waals surface area contributed by atoms with Crippen molar-refractivity contribution in [3.8, 4) is 11.1 Å². The van der Waals surface area contributed by atoms with Crippen LogP contribution in [0.2, 0.25) is 0 Å². The van der Waals surface area contributed by atoms with E-state index in [4.69, 9.17) is 10.1 Å². The average molecular weight is 601 g/mol. The van der Waals surface area contributed by atoms with Crippen LogP contribution in [0.1, 0.15) is 11.1 Å². The fourth-order valence-corrected chi connectivity index (χ4v) is 6.77. The summed E-state index contributed by atoms with van der Waals surface area (Å²) in [4.78, 5) is 9.58. The maximum atomic E-state index is 5.04. The predicted octanol–water partition coefficient (Wildman–Crippen LogP) is 10.8. The number of hydrogen-bond donors (Lipinski definition) is 1. The molecule has 4 heteroatoms. The average Bonchev–Trinajstić information content (AvgIpc) is 3.15. The fourth-order valence-electron chi connectivity index (χ4n) is 6.77. The first-order valence-electron chi connectivity index (χ1n) is 15.8. The van der Waals surface area contributed by atoms with Gasteiger partial charge >= 0.3 is 0 Å². The van der Waals surface area contributed by atoms with Gasteiger partial charge in [0, 0.05) is 45.2 Å². The van der Waals surface area contributed by atoms with Crippen molar-refractivity contribution in [1.82, 2.24) is 9.97 Å². The Bertz CT molecular complexity index is 2600. The normalized spacial score (nSPS) is 11.4. The highest BCUT2D eigenvalue weighted by atomic mass is 15.3. The Hall–Kier alpha value is -6.39. The van der Waals surface area contributed by atoms with Crippen LogP contribution in [0, 0.1) is 0 Å². The lowest BCUT2D eigenvalue weighted by molar-refractivity contribution is 1.34. The highest BCUT2D eigenvalue weighted by Crippen LogP contribution is 2.41. The summed E-state index contributed by atoms with van der Waals surface area (Å²) in [6.45, 7) is 0. The van der Waals surface area contributed by atoms with Crippen molar-refractivity contribution in [1.29, 1.82) is 0 Å². The van der Waals surface area contributed by atoms with Crippen molar-refractivity contribution in [2.45, 2.75) is 0 Å². The van der Waals surface area contributed by atoms with E-state index in [-0.39, 0.29) is 0 Å². The second kappa shape index (κ2) is 11.2. The van der Waals surface area contributed by atoms with Crippen LogP contribution in [-0.2, 0) is 0 Å². The molecule has 0 saturated heterocycles. The molecule has 2 heterocycles. The number of anilines is 1. The molecule has 220 valence electrons. The number of nitrogens with one attached hydrogen (secondary N) is 1. The highest BCUT2D eigenvalue weighted by Gasteiger charge is 2.15. The Labute approximate surface area is 271 Å². The summed E-state index contributed by atoms with van der Waals surface area (Å²) in [5, 5.41) is 14.2. The molecular weight excluding hydrogens is 573 g/mol. The van der Waals surface area contributed by atoms with Crippen LogP contribution < -0.4 is 5.43 Å². The van der Waals surface area contributed by atoms with E-state index < -0.39 is 0 Å². The van der Waals surface area contributed by atoms with Crippen molar-refractivity contribution >= 4 is 65.5 Å². The SMILES string of the molecule is c1ccc(C(=NNc2cc3c4ccccc4c(-c4cnc5c(ccc6cccnc65)c4)cc3c3ccccc23)c2ccccc2)cc1. The summed E-state index contributed by atoms with van der Waals surface area (Å²) in [7, 11) is 0. The van der Waals surface area contributed by atoms with Crippen molar-refractivity contribution in [3.63, 3.8) is 0 Å². The van der Waals surface area contributed by atoms with Crippen LogP contribution in [0.15, 0.2) is 169 Å². The summed E-state index contributed by atoms with van der Waals surface area (Å²) in [5.41, 5.74) is 11.5. The van der Waals surface area contributed by atoms with E-state index in [1.165, 1.54) is 26.9 Å². The Morgan fingerprint density at radius 2 is 1.06 bits per heavy atom.